The molecule has 1 unspecified atom stereocenters. The molecule has 1 aliphatic heterocycles. The van der Waals surface area contributed by atoms with Crippen molar-refractivity contribution in [2.75, 3.05) is 24.2 Å². The Hall–Kier alpha value is -4.91. The normalized spacial score (nSPS) is 13.5. The molecule has 1 heterocycles. The fraction of sp³-hybridized carbons (Fsp3) is 0.405. The van der Waals surface area contributed by atoms with Gasteiger partial charge in [-0.2, -0.15) is 0 Å². The number of sulfone groups is 1. The lowest BCUT2D eigenvalue weighted by Crippen LogP contribution is -2.34. The van der Waals surface area contributed by atoms with E-state index in [1.807, 2.05) is 18.2 Å². The quantitative estimate of drug-likeness (QED) is 0.174. The van der Waals surface area contributed by atoms with E-state index in [4.69, 9.17) is 4.74 Å². The van der Waals surface area contributed by atoms with Gasteiger partial charge in [0.05, 0.1) is 16.7 Å². The first-order chi connectivity index (χ1) is 23.4. The van der Waals surface area contributed by atoms with Crippen LogP contribution in [0.25, 0.3) is 0 Å². The molecule has 1 atom stereocenters. The average molecular weight is 707 g/mol. The molecule has 0 aromatic heterocycles. The van der Waals surface area contributed by atoms with Crippen LogP contribution in [0, 0.1) is 0 Å². The van der Waals surface area contributed by atoms with Crippen LogP contribution in [0.2, 0.25) is 0 Å². The number of carbonyl (C=O) groups is 4. The van der Waals surface area contributed by atoms with Gasteiger partial charge in [-0.25, -0.2) is 18.0 Å². The van der Waals surface area contributed by atoms with Gasteiger partial charge in [-0.15, -0.1) is 0 Å². The van der Waals surface area contributed by atoms with Crippen LogP contribution in [0.5, 0.6) is 0 Å². The van der Waals surface area contributed by atoms with Crippen LogP contribution in [0.3, 0.4) is 0 Å². The van der Waals surface area contributed by atoms with E-state index < -0.39 is 38.8 Å². The third-order valence-electron chi connectivity index (χ3n) is 8.16. The van der Waals surface area contributed by atoms with Crippen molar-refractivity contribution in [1.29, 1.82) is 0 Å². The SMILES string of the molecule is CC(C)S(=O)(=O)c1ccc(NC(=O)CCCc2ccc(C(Nc3ccc4c(c3)C(=O)NCC4)C(=O)O)cc2)cc1CN(C)C(=O)OC(C)(C)C. The number of anilines is 2. The second kappa shape index (κ2) is 15.8. The van der Waals surface area contributed by atoms with Crippen molar-refractivity contribution < 1.29 is 37.4 Å². The van der Waals surface area contributed by atoms with Gasteiger partial charge in [0.15, 0.2) is 15.9 Å². The fourth-order valence-corrected chi connectivity index (χ4v) is 6.74. The van der Waals surface area contributed by atoms with E-state index in [0.717, 1.165) is 17.5 Å². The van der Waals surface area contributed by atoms with Crippen LogP contribution in [0.15, 0.2) is 65.6 Å². The number of nitrogens with zero attached hydrogens (tertiary/aromatic N) is 1. The molecule has 1 aliphatic rings. The van der Waals surface area contributed by atoms with E-state index >= 15 is 0 Å². The molecule has 4 rings (SSSR count). The zero-order valence-electron chi connectivity index (χ0n) is 29.3. The number of aliphatic carboxylic acids is 1. The van der Waals surface area contributed by atoms with Crippen molar-refractivity contribution in [1.82, 2.24) is 10.2 Å². The van der Waals surface area contributed by atoms with Gasteiger partial charge in [0.1, 0.15) is 5.60 Å². The van der Waals surface area contributed by atoms with E-state index in [-0.39, 0.29) is 29.7 Å². The standard InChI is InChI=1S/C37H46N4O8S/c1-23(2)50(47,48)31-17-16-28(20-27(31)22-41(6)36(46)49-37(3,4)5)39-32(42)9-7-8-24-10-12-26(13-11-24)33(35(44)45)40-29-15-14-25-18-19-38-34(43)30(25)21-29/h10-17,20-21,23,33,40H,7-9,18-19,22H2,1-6H3,(H,38,43)(H,39,42)(H,44,45). The van der Waals surface area contributed by atoms with Crippen LogP contribution in [-0.4, -0.2) is 66.7 Å². The number of carboxylic acid groups (broad SMARTS) is 1. The Morgan fingerprint density at radius 3 is 2.32 bits per heavy atom. The summed E-state index contributed by atoms with van der Waals surface area (Å²) in [6.07, 6.45) is 1.38. The van der Waals surface area contributed by atoms with Crippen molar-refractivity contribution >= 4 is 45.1 Å². The van der Waals surface area contributed by atoms with Gasteiger partial charge < -0.3 is 30.7 Å². The van der Waals surface area contributed by atoms with Gasteiger partial charge in [-0.3, -0.25) is 9.59 Å². The molecule has 0 fully saturated rings. The van der Waals surface area contributed by atoms with Crippen LogP contribution in [0.4, 0.5) is 16.2 Å². The van der Waals surface area contributed by atoms with Crippen molar-refractivity contribution in [3.05, 3.63) is 88.5 Å². The summed E-state index contributed by atoms with van der Waals surface area (Å²) in [7, 11) is -2.16. The molecule has 0 aliphatic carbocycles. The van der Waals surface area contributed by atoms with Crippen LogP contribution in [-0.2, 0) is 43.5 Å². The second-order valence-electron chi connectivity index (χ2n) is 13.7. The maximum Gasteiger partial charge on any atom is 0.410 e. The largest absolute Gasteiger partial charge is 0.479 e. The first-order valence-electron chi connectivity index (χ1n) is 16.5. The minimum absolute atomic E-state index is 0.0430. The third kappa shape index (κ3) is 9.84. The smallest absolute Gasteiger partial charge is 0.410 e. The summed E-state index contributed by atoms with van der Waals surface area (Å²) < 4.78 is 31.6. The van der Waals surface area contributed by atoms with Crippen LogP contribution in [0.1, 0.15) is 86.1 Å². The number of benzene rings is 3. The first kappa shape index (κ1) is 37.9. The number of hydrogen-bond acceptors (Lipinski definition) is 8. The molecule has 0 bridgehead atoms. The van der Waals surface area contributed by atoms with Crippen LogP contribution >= 0.6 is 0 Å². The van der Waals surface area contributed by atoms with Gasteiger partial charge in [0.2, 0.25) is 5.91 Å². The second-order valence-corrected chi connectivity index (χ2v) is 16.2. The highest BCUT2D eigenvalue weighted by Gasteiger charge is 2.27. The Morgan fingerprint density at radius 2 is 1.68 bits per heavy atom. The number of hydrogen-bond donors (Lipinski definition) is 4. The molecule has 0 saturated heterocycles. The topological polar surface area (TPSA) is 171 Å². The Morgan fingerprint density at radius 1 is 1.00 bits per heavy atom. The predicted molar refractivity (Wildman–Crippen MR) is 191 cm³/mol. The zero-order chi connectivity index (χ0) is 36.8. The number of carboxylic acids is 1. The Labute approximate surface area is 293 Å². The van der Waals surface area contributed by atoms with Gasteiger partial charge in [-0.05, 0) is 106 Å². The van der Waals surface area contributed by atoms with E-state index in [1.54, 1.807) is 65.0 Å². The summed E-state index contributed by atoms with van der Waals surface area (Å²) in [5, 5.41) is 17.9. The van der Waals surface area contributed by atoms with E-state index in [1.165, 1.54) is 24.1 Å². The molecule has 268 valence electrons. The number of nitrogens with one attached hydrogen (secondary N) is 3. The lowest BCUT2D eigenvalue weighted by atomic mass is 9.98. The minimum atomic E-state index is -3.68. The van der Waals surface area contributed by atoms with Crippen LogP contribution < -0.4 is 16.0 Å². The first-order valence-corrected chi connectivity index (χ1v) is 18.1. The molecule has 0 spiro atoms. The lowest BCUT2D eigenvalue weighted by molar-refractivity contribution is -0.138. The third-order valence-corrected chi connectivity index (χ3v) is 10.4. The highest BCUT2D eigenvalue weighted by atomic mass is 32.2. The van der Waals surface area contributed by atoms with Gasteiger partial charge >= 0.3 is 12.1 Å². The molecule has 3 aromatic rings. The summed E-state index contributed by atoms with van der Waals surface area (Å²) in [4.78, 5) is 51.3. The van der Waals surface area contributed by atoms with E-state index in [9.17, 15) is 32.7 Å². The van der Waals surface area contributed by atoms with Gasteiger partial charge in [-0.1, -0.05) is 30.3 Å². The summed E-state index contributed by atoms with van der Waals surface area (Å²) in [5.74, 6) is -1.50. The average Bonchev–Trinajstić information content (AvgIpc) is 3.03. The number of carbonyl (C=O) groups excluding carboxylic acids is 3. The summed E-state index contributed by atoms with van der Waals surface area (Å²) >= 11 is 0. The molecule has 3 amide bonds. The highest BCUT2D eigenvalue weighted by Crippen LogP contribution is 2.27. The molecule has 3 aromatic carbocycles. The summed E-state index contributed by atoms with van der Waals surface area (Å²) in [6, 6.07) is 15.9. The number of ether oxygens (including phenoxy) is 1. The molecule has 0 radical (unpaired) electrons. The Balaban J connectivity index is 1.37. The molecular weight excluding hydrogens is 660 g/mol. The highest BCUT2D eigenvalue weighted by molar-refractivity contribution is 7.92. The van der Waals surface area contributed by atoms with E-state index in [0.29, 0.717) is 47.5 Å². The minimum Gasteiger partial charge on any atom is -0.479 e. The fourth-order valence-electron chi connectivity index (χ4n) is 5.48. The molecular formula is C37H46N4O8S. The Kier molecular flexibility index (Phi) is 11.9. The molecule has 50 heavy (non-hydrogen) atoms. The zero-order valence-corrected chi connectivity index (χ0v) is 30.1. The molecule has 4 N–H and O–H groups in total. The van der Waals surface area contributed by atoms with Gasteiger partial charge in [0, 0.05) is 37.0 Å². The van der Waals surface area contributed by atoms with Crippen molar-refractivity contribution in [3.63, 3.8) is 0 Å². The summed E-state index contributed by atoms with van der Waals surface area (Å²) in [6.45, 7) is 8.93. The molecule has 12 nitrogen and oxygen atoms in total. The maximum atomic E-state index is 13.1. The number of fused-ring (bicyclic) bond motifs is 1. The monoisotopic (exact) mass is 706 g/mol. The Bertz CT molecular complexity index is 1850. The number of rotatable bonds is 13. The van der Waals surface area contributed by atoms with E-state index in [2.05, 4.69) is 16.0 Å². The van der Waals surface area contributed by atoms with Crippen molar-refractivity contribution in [2.24, 2.45) is 0 Å². The van der Waals surface area contributed by atoms with Crippen molar-refractivity contribution in [2.45, 2.75) is 88.6 Å². The predicted octanol–water partition coefficient (Wildman–Crippen LogP) is 5.72. The lowest BCUT2D eigenvalue weighted by Gasteiger charge is -2.25. The maximum absolute atomic E-state index is 13.1. The van der Waals surface area contributed by atoms with Gasteiger partial charge in [0.25, 0.3) is 5.91 Å². The molecule has 0 saturated carbocycles. The number of aryl methyl sites for hydroxylation is 1. The summed E-state index contributed by atoms with van der Waals surface area (Å²) in [5.41, 5.74) is 3.49. The number of amides is 3. The molecule has 13 heteroatoms. The van der Waals surface area contributed by atoms with Crippen molar-refractivity contribution in [3.8, 4) is 0 Å².